The number of aryl methyl sites for hydroxylation is 2. The van der Waals surface area contributed by atoms with Gasteiger partial charge in [0, 0.05) is 0 Å². The molecule has 0 saturated heterocycles. The van der Waals surface area contributed by atoms with Crippen molar-refractivity contribution in [1.29, 1.82) is 0 Å². The fourth-order valence-electron chi connectivity index (χ4n) is 2.20. The lowest BCUT2D eigenvalue weighted by molar-refractivity contribution is 0.0584. The second-order valence-corrected chi connectivity index (χ2v) is 5.02. The fourth-order valence-corrected chi connectivity index (χ4v) is 2.20. The van der Waals surface area contributed by atoms with Crippen molar-refractivity contribution in [2.24, 2.45) is 0 Å². The molecule has 2 aromatic carbocycles. The zero-order valence-electron chi connectivity index (χ0n) is 13.5. The quantitative estimate of drug-likeness (QED) is 0.806. The van der Waals surface area contributed by atoms with Gasteiger partial charge in [-0.15, -0.1) is 0 Å². The average molecular weight is 314 g/mol. The van der Waals surface area contributed by atoms with Crippen LogP contribution in [0.15, 0.2) is 36.4 Å². The predicted molar refractivity (Wildman–Crippen MR) is 85.1 cm³/mol. The number of para-hydroxylation sites is 1. The number of rotatable bonds is 4. The largest absolute Gasteiger partial charge is 0.465 e. The lowest BCUT2D eigenvalue weighted by Crippen LogP contribution is -2.07. The van der Waals surface area contributed by atoms with Crippen molar-refractivity contribution in [2.45, 2.75) is 13.8 Å². The number of carbonyl (C=O) groups is 2. The van der Waals surface area contributed by atoms with Crippen LogP contribution in [0, 0.1) is 13.8 Å². The van der Waals surface area contributed by atoms with E-state index in [1.165, 1.54) is 32.4 Å². The van der Waals surface area contributed by atoms with E-state index in [1.807, 2.05) is 32.0 Å². The summed E-state index contributed by atoms with van der Waals surface area (Å²) in [6.45, 7) is 3.81. The van der Waals surface area contributed by atoms with E-state index in [0.29, 0.717) is 11.3 Å². The minimum atomic E-state index is -0.539. The first-order valence-corrected chi connectivity index (χ1v) is 7.02. The van der Waals surface area contributed by atoms with Gasteiger partial charge in [0.25, 0.3) is 0 Å². The minimum absolute atomic E-state index is 0.239. The maximum absolute atomic E-state index is 11.9. The molecule has 2 aromatic rings. The van der Waals surface area contributed by atoms with Crippen molar-refractivity contribution in [1.82, 2.24) is 0 Å². The molecule has 0 unspecified atom stereocenters. The van der Waals surface area contributed by atoms with Crippen molar-refractivity contribution < 1.29 is 23.8 Å². The normalized spacial score (nSPS) is 10.1. The van der Waals surface area contributed by atoms with Crippen LogP contribution in [-0.2, 0) is 9.47 Å². The number of carbonyl (C=O) groups excluding carboxylic acids is 2. The topological polar surface area (TPSA) is 61.8 Å². The van der Waals surface area contributed by atoms with E-state index < -0.39 is 11.9 Å². The second-order valence-electron chi connectivity index (χ2n) is 5.02. The summed E-state index contributed by atoms with van der Waals surface area (Å²) < 4.78 is 15.4. The Morgan fingerprint density at radius 1 is 0.870 bits per heavy atom. The highest BCUT2D eigenvalue weighted by molar-refractivity contribution is 5.96. The Kier molecular flexibility index (Phi) is 5.01. The Morgan fingerprint density at radius 3 is 2.04 bits per heavy atom. The first kappa shape index (κ1) is 16.5. The molecule has 5 nitrogen and oxygen atoms in total. The van der Waals surface area contributed by atoms with Crippen LogP contribution in [0.2, 0.25) is 0 Å². The maximum atomic E-state index is 11.9. The summed E-state index contributed by atoms with van der Waals surface area (Å²) in [7, 11) is 2.59. The molecule has 0 amide bonds. The van der Waals surface area contributed by atoms with E-state index in [4.69, 9.17) is 14.2 Å². The van der Waals surface area contributed by atoms with E-state index in [2.05, 4.69) is 0 Å². The Labute approximate surface area is 134 Å². The van der Waals surface area contributed by atoms with Crippen LogP contribution in [-0.4, -0.2) is 26.2 Å². The number of hydrogen-bond acceptors (Lipinski definition) is 5. The average Bonchev–Trinajstić information content (AvgIpc) is 2.56. The van der Waals surface area contributed by atoms with Crippen LogP contribution >= 0.6 is 0 Å². The Bertz CT molecular complexity index is 729. The highest BCUT2D eigenvalue weighted by Gasteiger charge is 2.18. The summed E-state index contributed by atoms with van der Waals surface area (Å²) in [6.07, 6.45) is 0. The molecule has 0 fully saturated rings. The molecular weight excluding hydrogens is 296 g/mol. The summed E-state index contributed by atoms with van der Waals surface area (Å²) in [6, 6.07) is 10.2. The monoisotopic (exact) mass is 314 g/mol. The molecule has 0 bridgehead atoms. The van der Waals surface area contributed by atoms with Crippen LogP contribution in [0.25, 0.3) is 0 Å². The molecule has 23 heavy (non-hydrogen) atoms. The molecule has 0 saturated carbocycles. The van der Waals surface area contributed by atoms with Gasteiger partial charge >= 0.3 is 11.9 Å². The summed E-state index contributed by atoms with van der Waals surface area (Å²) in [5.74, 6) is -0.160. The number of methoxy groups -OCH3 is 2. The van der Waals surface area contributed by atoms with E-state index in [9.17, 15) is 9.59 Å². The molecular formula is C18H18O5. The standard InChI is InChI=1S/C18H18O5/c1-11-6-5-7-12(2)16(11)23-15-10-13(17(19)21-3)8-9-14(15)18(20)22-4/h5-10H,1-4H3. The zero-order chi connectivity index (χ0) is 17.0. The Morgan fingerprint density at radius 2 is 1.48 bits per heavy atom. The van der Waals surface area contributed by atoms with Gasteiger partial charge in [-0.05, 0) is 43.2 Å². The number of esters is 2. The van der Waals surface area contributed by atoms with Gasteiger partial charge in [-0.25, -0.2) is 9.59 Å². The molecule has 0 heterocycles. The van der Waals surface area contributed by atoms with Crippen LogP contribution in [0.5, 0.6) is 11.5 Å². The van der Waals surface area contributed by atoms with Crippen LogP contribution in [0.3, 0.4) is 0 Å². The van der Waals surface area contributed by atoms with Crippen molar-refractivity contribution in [3.8, 4) is 11.5 Å². The van der Waals surface area contributed by atoms with Crippen molar-refractivity contribution in [2.75, 3.05) is 14.2 Å². The fraction of sp³-hybridized carbons (Fsp3) is 0.222. The van der Waals surface area contributed by atoms with Gasteiger partial charge < -0.3 is 14.2 Å². The van der Waals surface area contributed by atoms with Gasteiger partial charge in [-0.3, -0.25) is 0 Å². The summed E-state index contributed by atoms with van der Waals surface area (Å²) in [4.78, 5) is 23.6. The zero-order valence-corrected chi connectivity index (χ0v) is 13.5. The molecule has 2 rings (SSSR count). The third-order valence-electron chi connectivity index (χ3n) is 3.43. The summed E-state index contributed by atoms with van der Waals surface area (Å²) in [5, 5.41) is 0. The summed E-state index contributed by atoms with van der Waals surface area (Å²) >= 11 is 0. The lowest BCUT2D eigenvalue weighted by atomic mass is 10.1. The van der Waals surface area contributed by atoms with Gasteiger partial charge in [-0.2, -0.15) is 0 Å². The highest BCUT2D eigenvalue weighted by atomic mass is 16.5. The second kappa shape index (κ2) is 6.96. The third kappa shape index (κ3) is 3.51. The van der Waals surface area contributed by atoms with Gasteiger partial charge in [-0.1, -0.05) is 18.2 Å². The van der Waals surface area contributed by atoms with Crippen LogP contribution in [0.4, 0.5) is 0 Å². The van der Waals surface area contributed by atoms with Gasteiger partial charge in [0.1, 0.15) is 17.1 Å². The molecule has 0 spiro atoms. The molecule has 5 heteroatoms. The van der Waals surface area contributed by atoms with Gasteiger partial charge in [0.15, 0.2) is 0 Å². The molecule has 0 aliphatic carbocycles. The van der Waals surface area contributed by atoms with E-state index in [1.54, 1.807) is 0 Å². The maximum Gasteiger partial charge on any atom is 0.341 e. The smallest absolute Gasteiger partial charge is 0.341 e. The molecule has 0 aliphatic heterocycles. The van der Waals surface area contributed by atoms with Crippen molar-refractivity contribution in [3.05, 3.63) is 58.7 Å². The molecule has 0 N–H and O–H groups in total. The Hall–Kier alpha value is -2.82. The number of benzene rings is 2. The van der Waals surface area contributed by atoms with Crippen molar-refractivity contribution >= 4 is 11.9 Å². The van der Waals surface area contributed by atoms with Crippen molar-refractivity contribution in [3.63, 3.8) is 0 Å². The van der Waals surface area contributed by atoms with E-state index >= 15 is 0 Å². The summed E-state index contributed by atoms with van der Waals surface area (Å²) in [5.41, 5.74) is 2.37. The molecule has 0 radical (unpaired) electrons. The highest BCUT2D eigenvalue weighted by Crippen LogP contribution is 2.32. The number of ether oxygens (including phenoxy) is 3. The third-order valence-corrected chi connectivity index (χ3v) is 3.43. The molecule has 0 aromatic heterocycles. The number of hydrogen-bond donors (Lipinski definition) is 0. The first-order chi connectivity index (χ1) is 11.0. The minimum Gasteiger partial charge on any atom is -0.465 e. The predicted octanol–water partition coefficient (Wildman–Crippen LogP) is 3.67. The molecule has 0 aliphatic rings. The van der Waals surface area contributed by atoms with Gasteiger partial charge in [0.2, 0.25) is 0 Å². The Balaban J connectivity index is 2.53. The first-order valence-electron chi connectivity index (χ1n) is 7.02. The van der Waals surface area contributed by atoms with E-state index in [-0.39, 0.29) is 11.3 Å². The van der Waals surface area contributed by atoms with Gasteiger partial charge in [0.05, 0.1) is 19.8 Å². The van der Waals surface area contributed by atoms with Crippen LogP contribution < -0.4 is 4.74 Å². The van der Waals surface area contributed by atoms with Crippen LogP contribution in [0.1, 0.15) is 31.8 Å². The molecule has 0 atom stereocenters. The SMILES string of the molecule is COC(=O)c1ccc(C(=O)OC)c(Oc2c(C)cccc2C)c1. The molecule has 120 valence electrons. The van der Waals surface area contributed by atoms with E-state index in [0.717, 1.165) is 11.1 Å². The lowest BCUT2D eigenvalue weighted by Gasteiger charge is -2.15.